The Morgan fingerprint density at radius 2 is 1.76 bits per heavy atom. The van der Waals surface area contributed by atoms with Crippen LogP contribution in [0.5, 0.6) is 0 Å². The Morgan fingerprint density at radius 1 is 1.05 bits per heavy atom. The van der Waals surface area contributed by atoms with Crippen LogP contribution in [0.2, 0.25) is 0 Å². The molecule has 3 rings (SSSR count). The number of carbonyl (C=O) groups excluding carboxylic acids is 1. The molecule has 2 aromatic carbocycles. The summed E-state index contributed by atoms with van der Waals surface area (Å²) in [7, 11) is 0. The molecule has 3 heteroatoms. The first kappa shape index (κ1) is 13.6. The van der Waals surface area contributed by atoms with Crippen LogP contribution in [0, 0.1) is 0 Å². The van der Waals surface area contributed by atoms with Crippen LogP contribution in [-0.2, 0) is 16.6 Å². The van der Waals surface area contributed by atoms with Gasteiger partial charge in [0.15, 0.2) is 5.78 Å². The van der Waals surface area contributed by atoms with Gasteiger partial charge in [0.25, 0.3) is 0 Å². The molecule has 106 valence electrons. The van der Waals surface area contributed by atoms with E-state index >= 15 is 0 Å². The SMILES string of the molecule is CC1(C(=O)O)CCc2c(C(=O)c3ccccc3)cccc21. The van der Waals surface area contributed by atoms with E-state index in [1.54, 1.807) is 31.2 Å². The molecule has 0 saturated carbocycles. The molecular formula is C18H16O3. The van der Waals surface area contributed by atoms with Crippen LogP contribution in [0.3, 0.4) is 0 Å². The highest BCUT2D eigenvalue weighted by atomic mass is 16.4. The van der Waals surface area contributed by atoms with Crippen molar-refractivity contribution in [3.63, 3.8) is 0 Å². The normalized spacial score (nSPS) is 20.0. The molecule has 0 bridgehead atoms. The fourth-order valence-electron chi connectivity index (χ4n) is 3.06. The zero-order valence-electron chi connectivity index (χ0n) is 11.8. The Hall–Kier alpha value is -2.42. The average Bonchev–Trinajstić information content (AvgIpc) is 2.86. The second kappa shape index (κ2) is 4.85. The standard InChI is InChI=1S/C18H16O3/c1-18(17(20)21)11-10-13-14(8-5-9-15(13)18)16(19)12-6-3-2-4-7-12/h2-9H,10-11H2,1H3,(H,20,21). The molecule has 0 aromatic heterocycles. The number of hydrogen-bond acceptors (Lipinski definition) is 2. The van der Waals surface area contributed by atoms with Crippen molar-refractivity contribution in [3.8, 4) is 0 Å². The van der Waals surface area contributed by atoms with E-state index in [1.165, 1.54) is 0 Å². The van der Waals surface area contributed by atoms with E-state index in [0.717, 1.165) is 11.1 Å². The Balaban J connectivity index is 2.10. The van der Waals surface area contributed by atoms with Gasteiger partial charge in [0, 0.05) is 11.1 Å². The largest absolute Gasteiger partial charge is 0.481 e. The van der Waals surface area contributed by atoms with Gasteiger partial charge >= 0.3 is 5.97 Å². The fourth-order valence-corrected chi connectivity index (χ4v) is 3.06. The third-order valence-electron chi connectivity index (χ3n) is 4.40. The average molecular weight is 280 g/mol. The van der Waals surface area contributed by atoms with Gasteiger partial charge in [-0.05, 0) is 30.9 Å². The number of ketones is 1. The predicted molar refractivity (Wildman–Crippen MR) is 79.6 cm³/mol. The van der Waals surface area contributed by atoms with Gasteiger partial charge in [-0.3, -0.25) is 9.59 Å². The molecule has 1 unspecified atom stereocenters. The van der Waals surface area contributed by atoms with Crippen molar-refractivity contribution in [3.05, 3.63) is 70.8 Å². The highest BCUT2D eigenvalue weighted by Gasteiger charge is 2.42. The summed E-state index contributed by atoms with van der Waals surface area (Å²) in [4.78, 5) is 24.2. The van der Waals surface area contributed by atoms with Gasteiger partial charge in [-0.25, -0.2) is 0 Å². The summed E-state index contributed by atoms with van der Waals surface area (Å²) in [5.74, 6) is -0.868. The van der Waals surface area contributed by atoms with Crippen molar-refractivity contribution in [2.45, 2.75) is 25.2 Å². The van der Waals surface area contributed by atoms with E-state index in [2.05, 4.69) is 0 Å². The summed E-state index contributed by atoms with van der Waals surface area (Å²) in [5, 5.41) is 9.48. The van der Waals surface area contributed by atoms with E-state index in [-0.39, 0.29) is 5.78 Å². The summed E-state index contributed by atoms with van der Waals surface area (Å²) in [6, 6.07) is 14.5. The van der Waals surface area contributed by atoms with Crippen LogP contribution in [0.4, 0.5) is 0 Å². The predicted octanol–water partition coefficient (Wildman–Crippen LogP) is 3.21. The first-order valence-electron chi connectivity index (χ1n) is 6.99. The van der Waals surface area contributed by atoms with Gasteiger partial charge < -0.3 is 5.11 Å². The van der Waals surface area contributed by atoms with Gasteiger partial charge in [0.1, 0.15) is 0 Å². The maximum absolute atomic E-state index is 12.6. The van der Waals surface area contributed by atoms with Gasteiger partial charge in [0.2, 0.25) is 0 Å². The monoisotopic (exact) mass is 280 g/mol. The highest BCUT2D eigenvalue weighted by molar-refractivity contribution is 6.10. The number of hydrogen-bond donors (Lipinski definition) is 1. The highest BCUT2D eigenvalue weighted by Crippen LogP contribution is 2.40. The molecule has 0 heterocycles. The number of carbonyl (C=O) groups is 2. The Morgan fingerprint density at radius 3 is 2.43 bits per heavy atom. The van der Waals surface area contributed by atoms with Crippen LogP contribution in [0.15, 0.2) is 48.5 Å². The molecule has 1 aliphatic carbocycles. The van der Waals surface area contributed by atoms with Crippen LogP contribution < -0.4 is 0 Å². The minimum absolute atomic E-state index is 0.0397. The van der Waals surface area contributed by atoms with Gasteiger partial charge in [-0.1, -0.05) is 48.5 Å². The van der Waals surface area contributed by atoms with Crippen molar-refractivity contribution in [1.29, 1.82) is 0 Å². The van der Waals surface area contributed by atoms with Crippen molar-refractivity contribution >= 4 is 11.8 Å². The molecule has 1 atom stereocenters. The van der Waals surface area contributed by atoms with Crippen molar-refractivity contribution in [1.82, 2.24) is 0 Å². The molecule has 2 aromatic rings. The van der Waals surface area contributed by atoms with Crippen LogP contribution in [0.25, 0.3) is 0 Å². The number of carboxylic acids is 1. The molecule has 3 nitrogen and oxygen atoms in total. The minimum atomic E-state index is -0.887. The Kier molecular flexibility index (Phi) is 3.13. The lowest BCUT2D eigenvalue weighted by Crippen LogP contribution is -2.29. The van der Waals surface area contributed by atoms with Crippen molar-refractivity contribution in [2.75, 3.05) is 0 Å². The topological polar surface area (TPSA) is 54.4 Å². The molecule has 0 amide bonds. The summed E-state index contributed by atoms with van der Waals surface area (Å²) < 4.78 is 0. The number of benzene rings is 2. The summed E-state index contributed by atoms with van der Waals surface area (Å²) in [6.45, 7) is 1.73. The number of carboxylic acid groups (broad SMARTS) is 1. The summed E-state index contributed by atoms with van der Waals surface area (Å²) in [5.41, 5.74) is 2.04. The summed E-state index contributed by atoms with van der Waals surface area (Å²) >= 11 is 0. The lowest BCUT2D eigenvalue weighted by molar-refractivity contribution is -0.143. The maximum Gasteiger partial charge on any atom is 0.313 e. The first-order chi connectivity index (χ1) is 10.0. The Bertz CT molecular complexity index is 718. The minimum Gasteiger partial charge on any atom is -0.481 e. The van der Waals surface area contributed by atoms with E-state index in [9.17, 15) is 14.7 Å². The maximum atomic E-state index is 12.6. The molecular weight excluding hydrogens is 264 g/mol. The number of fused-ring (bicyclic) bond motifs is 1. The molecule has 0 spiro atoms. The Labute approximate surface area is 123 Å². The zero-order valence-corrected chi connectivity index (χ0v) is 11.8. The molecule has 0 saturated heterocycles. The van der Waals surface area contributed by atoms with E-state index in [0.29, 0.717) is 24.0 Å². The fraction of sp³-hybridized carbons (Fsp3) is 0.222. The van der Waals surface area contributed by atoms with Crippen LogP contribution in [0.1, 0.15) is 40.4 Å². The number of rotatable bonds is 3. The van der Waals surface area contributed by atoms with Crippen molar-refractivity contribution < 1.29 is 14.7 Å². The number of aliphatic carboxylic acids is 1. The molecule has 1 N–H and O–H groups in total. The van der Waals surface area contributed by atoms with E-state index < -0.39 is 11.4 Å². The summed E-state index contributed by atoms with van der Waals surface area (Å²) in [6.07, 6.45) is 1.17. The smallest absolute Gasteiger partial charge is 0.313 e. The third-order valence-corrected chi connectivity index (χ3v) is 4.40. The lowest BCUT2D eigenvalue weighted by Gasteiger charge is -2.19. The molecule has 0 aliphatic heterocycles. The van der Waals surface area contributed by atoms with Crippen LogP contribution >= 0.6 is 0 Å². The molecule has 21 heavy (non-hydrogen) atoms. The molecule has 0 fully saturated rings. The molecule has 0 radical (unpaired) electrons. The second-order valence-electron chi connectivity index (χ2n) is 5.66. The third kappa shape index (κ3) is 2.05. The van der Waals surface area contributed by atoms with Crippen LogP contribution in [-0.4, -0.2) is 16.9 Å². The quantitative estimate of drug-likeness (QED) is 0.878. The van der Waals surface area contributed by atoms with Gasteiger partial charge in [-0.2, -0.15) is 0 Å². The van der Waals surface area contributed by atoms with E-state index in [4.69, 9.17) is 0 Å². The van der Waals surface area contributed by atoms with E-state index in [1.807, 2.05) is 24.3 Å². The van der Waals surface area contributed by atoms with Gasteiger partial charge in [-0.15, -0.1) is 0 Å². The second-order valence-corrected chi connectivity index (χ2v) is 5.66. The lowest BCUT2D eigenvalue weighted by atomic mass is 9.83. The molecule has 1 aliphatic rings. The van der Waals surface area contributed by atoms with Crippen molar-refractivity contribution in [2.24, 2.45) is 0 Å². The first-order valence-corrected chi connectivity index (χ1v) is 6.99. The zero-order chi connectivity index (χ0) is 15.0. The van der Waals surface area contributed by atoms with Gasteiger partial charge in [0.05, 0.1) is 5.41 Å².